The molecule has 10 heteroatoms. The fraction of sp³-hybridized carbons (Fsp3) is 0.556. The first-order valence-electron chi connectivity index (χ1n) is 13.2. The van der Waals surface area contributed by atoms with Crippen LogP contribution < -0.4 is 10.2 Å². The molecular weight excluding hydrogens is 470 g/mol. The van der Waals surface area contributed by atoms with Gasteiger partial charge >= 0.3 is 0 Å². The summed E-state index contributed by atoms with van der Waals surface area (Å²) in [5.41, 5.74) is 1.85. The van der Waals surface area contributed by atoms with Crippen molar-refractivity contribution < 1.29 is 14.7 Å². The Hall–Kier alpha value is -3.24. The number of anilines is 2. The summed E-state index contributed by atoms with van der Waals surface area (Å²) in [6, 6.07) is 7.62. The minimum atomic E-state index is -0.119. The number of nitrogens with one attached hydrogen (secondary N) is 1. The largest absolute Gasteiger partial charge is 0.396 e. The average Bonchev–Trinajstić information content (AvgIpc) is 2.93. The number of nitrogens with zero attached hydrogens (tertiary/aromatic N) is 6. The van der Waals surface area contributed by atoms with Crippen molar-refractivity contribution in [2.75, 3.05) is 75.7 Å². The second-order valence-corrected chi connectivity index (χ2v) is 10.3. The maximum absolute atomic E-state index is 13.1. The van der Waals surface area contributed by atoms with Gasteiger partial charge in [0.05, 0.1) is 11.3 Å². The molecule has 37 heavy (non-hydrogen) atoms. The highest BCUT2D eigenvalue weighted by Crippen LogP contribution is 2.25. The molecule has 0 aliphatic carbocycles. The molecule has 2 aromatic heterocycles. The molecule has 10 nitrogen and oxygen atoms in total. The lowest BCUT2D eigenvalue weighted by molar-refractivity contribution is 0.0600. The summed E-state index contributed by atoms with van der Waals surface area (Å²) in [4.78, 5) is 43.1. The second kappa shape index (κ2) is 12.3. The van der Waals surface area contributed by atoms with Crippen molar-refractivity contribution in [3.8, 4) is 0 Å². The molecule has 0 saturated carbocycles. The van der Waals surface area contributed by atoms with Gasteiger partial charge < -0.3 is 25.1 Å². The Bertz CT molecular complexity index is 1050. The first kappa shape index (κ1) is 26.8. The molecule has 2 aliphatic heterocycles. The number of amides is 2. The molecule has 4 heterocycles. The lowest BCUT2D eigenvalue weighted by Gasteiger charge is -2.36. The van der Waals surface area contributed by atoms with Crippen molar-refractivity contribution in [1.82, 2.24) is 24.7 Å². The molecular formula is C27H39N7O3. The summed E-state index contributed by atoms with van der Waals surface area (Å²) in [5.74, 6) is 0.963. The number of aliphatic hydroxyl groups is 1. The monoisotopic (exact) mass is 509 g/mol. The number of aliphatic hydroxyl groups excluding tert-OH is 1. The van der Waals surface area contributed by atoms with Gasteiger partial charge in [0, 0.05) is 83.9 Å². The lowest BCUT2D eigenvalue weighted by atomic mass is 10.1. The van der Waals surface area contributed by atoms with Crippen LogP contribution in [0.5, 0.6) is 0 Å². The van der Waals surface area contributed by atoms with Gasteiger partial charge in [0.1, 0.15) is 5.69 Å². The van der Waals surface area contributed by atoms with Crippen LogP contribution in [0.3, 0.4) is 0 Å². The van der Waals surface area contributed by atoms with Gasteiger partial charge in [-0.3, -0.25) is 19.5 Å². The van der Waals surface area contributed by atoms with Crippen molar-refractivity contribution in [3.63, 3.8) is 0 Å². The first-order valence-corrected chi connectivity index (χ1v) is 13.2. The summed E-state index contributed by atoms with van der Waals surface area (Å²) >= 11 is 0. The average molecular weight is 510 g/mol. The fourth-order valence-electron chi connectivity index (χ4n) is 4.82. The van der Waals surface area contributed by atoms with E-state index in [9.17, 15) is 14.7 Å². The molecule has 2 fully saturated rings. The molecule has 1 atom stereocenters. The van der Waals surface area contributed by atoms with Crippen molar-refractivity contribution in [2.24, 2.45) is 5.92 Å². The van der Waals surface area contributed by atoms with Crippen LogP contribution in [-0.4, -0.2) is 113 Å². The van der Waals surface area contributed by atoms with E-state index in [4.69, 9.17) is 0 Å². The summed E-state index contributed by atoms with van der Waals surface area (Å²) in [6.45, 7) is 12.6. The number of hydrogen-bond donors (Lipinski definition) is 2. The molecule has 2 aromatic rings. The fourth-order valence-corrected chi connectivity index (χ4v) is 4.82. The summed E-state index contributed by atoms with van der Waals surface area (Å²) in [7, 11) is 0. The Morgan fingerprint density at radius 1 is 0.919 bits per heavy atom. The third kappa shape index (κ3) is 6.75. The van der Waals surface area contributed by atoms with Crippen LogP contribution in [0.2, 0.25) is 0 Å². The van der Waals surface area contributed by atoms with Crippen molar-refractivity contribution in [3.05, 3.63) is 47.9 Å². The van der Waals surface area contributed by atoms with E-state index in [-0.39, 0.29) is 24.3 Å². The Morgan fingerprint density at radius 3 is 2.22 bits per heavy atom. The molecule has 0 aromatic carbocycles. The van der Waals surface area contributed by atoms with Gasteiger partial charge in [0.2, 0.25) is 0 Å². The van der Waals surface area contributed by atoms with Crippen LogP contribution in [0, 0.1) is 5.92 Å². The van der Waals surface area contributed by atoms with Crippen LogP contribution >= 0.6 is 0 Å². The summed E-state index contributed by atoms with van der Waals surface area (Å²) in [6.07, 6.45) is 3.31. The SMILES string of the molecule is CC(C)Nc1cccnc1N1CCN(C(=O)c2ccc(C(=O)N3CCN(C[C@H](C)CO)CC3)cn2)CC1. The Kier molecular flexibility index (Phi) is 8.94. The quantitative estimate of drug-likeness (QED) is 0.554. The van der Waals surface area contributed by atoms with Gasteiger partial charge in [-0.15, -0.1) is 0 Å². The van der Waals surface area contributed by atoms with E-state index in [0.717, 1.165) is 31.1 Å². The molecule has 0 spiro atoms. The van der Waals surface area contributed by atoms with Crippen molar-refractivity contribution in [1.29, 1.82) is 0 Å². The standard InChI is InChI=1S/C27H39N7O3/c1-20(2)30-23-5-4-8-28-25(23)32-13-15-34(16-14-32)27(37)24-7-6-22(17-29-24)26(36)33-11-9-31(10-12-33)18-21(3)19-35/h4-8,17,20-21,30,35H,9-16,18-19H2,1-3H3/t21-/m0/s1. The van der Waals surface area contributed by atoms with E-state index in [2.05, 4.69) is 38.9 Å². The number of aromatic nitrogens is 2. The maximum Gasteiger partial charge on any atom is 0.272 e. The zero-order valence-corrected chi connectivity index (χ0v) is 22.1. The molecule has 2 saturated heterocycles. The number of pyridine rings is 2. The van der Waals surface area contributed by atoms with E-state index in [0.29, 0.717) is 56.6 Å². The van der Waals surface area contributed by atoms with Crippen molar-refractivity contribution >= 4 is 23.3 Å². The Balaban J connectivity index is 1.30. The van der Waals surface area contributed by atoms with E-state index >= 15 is 0 Å². The summed E-state index contributed by atoms with van der Waals surface area (Å²) in [5, 5.41) is 12.7. The molecule has 200 valence electrons. The molecule has 2 amide bonds. The van der Waals surface area contributed by atoms with Gasteiger partial charge in [-0.2, -0.15) is 0 Å². The van der Waals surface area contributed by atoms with E-state index < -0.39 is 0 Å². The minimum absolute atomic E-state index is 0.0591. The number of hydrogen-bond acceptors (Lipinski definition) is 8. The second-order valence-electron chi connectivity index (χ2n) is 10.3. The smallest absolute Gasteiger partial charge is 0.272 e. The molecule has 4 rings (SSSR count). The van der Waals surface area contributed by atoms with E-state index in [1.807, 2.05) is 28.9 Å². The van der Waals surface area contributed by atoms with Crippen molar-refractivity contribution in [2.45, 2.75) is 26.8 Å². The predicted molar refractivity (Wildman–Crippen MR) is 144 cm³/mol. The topological polar surface area (TPSA) is 105 Å². The van der Waals surface area contributed by atoms with Crippen LogP contribution in [0.4, 0.5) is 11.5 Å². The van der Waals surface area contributed by atoms with Gasteiger partial charge in [-0.1, -0.05) is 6.92 Å². The zero-order chi connectivity index (χ0) is 26.4. The van der Waals surface area contributed by atoms with Crippen LogP contribution in [-0.2, 0) is 0 Å². The number of rotatable bonds is 8. The summed E-state index contributed by atoms with van der Waals surface area (Å²) < 4.78 is 0. The highest BCUT2D eigenvalue weighted by molar-refractivity contribution is 5.96. The normalized spacial score (nSPS) is 17.7. The molecule has 2 aliphatic rings. The van der Waals surface area contributed by atoms with E-state index in [1.165, 1.54) is 6.20 Å². The highest BCUT2D eigenvalue weighted by atomic mass is 16.3. The molecule has 0 unspecified atom stereocenters. The number of carbonyl (C=O) groups is 2. The third-order valence-electron chi connectivity index (χ3n) is 6.87. The maximum atomic E-state index is 13.1. The Morgan fingerprint density at radius 2 is 1.59 bits per heavy atom. The molecule has 0 bridgehead atoms. The highest BCUT2D eigenvalue weighted by Gasteiger charge is 2.26. The van der Waals surface area contributed by atoms with Gasteiger partial charge in [-0.25, -0.2) is 4.98 Å². The van der Waals surface area contributed by atoms with Gasteiger partial charge in [-0.05, 0) is 44.0 Å². The minimum Gasteiger partial charge on any atom is -0.396 e. The van der Waals surface area contributed by atoms with Gasteiger partial charge in [0.25, 0.3) is 11.8 Å². The van der Waals surface area contributed by atoms with Crippen LogP contribution in [0.1, 0.15) is 41.6 Å². The number of piperazine rings is 2. The number of carbonyl (C=O) groups excluding carboxylic acids is 2. The van der Waals surface area contributed by atoms with Crippen LogP contribution in [0.25, 0.3) is 0 Å². The van der Waals surface area contributed by atoms with Crippen LogP contribution in [0.15, 0.2) is 36.7 Å². The van der Waals surface area contributed by atoms with E-state index in [1.54, 1.807) is 18.3 Å². The molecule has 0 radical (unpaired) electrons. The predicted octanol–water partition coefficient (Wildman–Crippen LogP) is 1.65. The first-order chi connectivity index (χ1) is 17.9. The molecule has 2 N–H and O–H groups in total. The third-order valence-corrected chi connectivity index (χ3v) is 6.87. The zero-order valence-electron chi connectivity index (χ0n) is 22.1. The lowest BCUT2D eigenvalue weighted by Crippen LogP contribution is -2.50. The van der Waals surface area contributed by atoms with Gasteiger partial charge in [0.15, 0.2) is 5.82 Å². The Labute approximate surface area is 219 Å².